The van der Waals surface area contributed by atoms with E-state index in [1.54, 1.807) is 11.3 Å². The van der Waals surface area contributed by atoms with Gasteiger partial charge < -0.3 is 10.6 Å². The third kappa shape index (κ3) is 3.55. The van der Waals surface area contributed by atoms with Crippen LogP contribution in [-0.4, -0.2) is 30.8 Å². The van der Waals surface area contributed by atoms with E-state index in [2.05, 4.69) is 57.0 Å². The van der Waals surface area contributed by atoms with Gasteiger partial charge in [0.2, 0.25) is 5.96 Å². The number of guanidine groups is 1. The minimum Gasteiger partial charge on any atom is -0.309 e. The van der Waals surface area contributed by atoms with Gasteiger partial charge in [-0.1, -0.05) is 53.8 Å². The Morgan fingerprint density at radius 2 is 1.92 bits per heavy atom. The van der Waals surface area contributed by atoms with E-state index in [-0.39, 0.29) is 0 Å². The van der Waals surface area contributed by atoms with Gasteiger partial charge in [-0.15, -0.1) is 0 Å². The summed E-state index contributed by atoms with van der Waals surface area (Å²) in [4.78, 5) is 10.6. The van der Waals surface area contributed by atoms with Gasteiger partial charge in [0.05, 0.1) is 16.8 Å². The van der Waals surface area contributed by atoms with Crippen LogP contribution < -0.4 is 15.5 Å². The minimum absolute atomic E-state index is 0.785. The molecule has 1 atom stereocenters. The van der Waals surface area contributed by atoms with Gasteiger partial charge in [-0.2, -0.15) is 4.99 Å². The molecule has 24 heavy (non-hydrogen) atoms. The molecule has 3 N–H and O–H groups in total. The van der Waals surface area contributed by atoms with Crippen LogP contribution >= 0.6 is 11.3 Å². The summed E-state index contributed by atoms with van der Waals surface area (Å²) < 4.78 is 1.19. The summed E-state index contributed by atoms with van der Waals surface area (Å²) in [5, 5.41) is 7.55. The van der Waals surface area contributed by atoms with E-state index >= 15 is 0 Å². The molecule has 0 radical (unpaired) electrons. The van der Waals surface area contributed by atoms with Crippen molar-refractivity contribution < 1.29 is 4.90 Å². The number of hydrogen-bond donors (Lipinski definition) is 3. The zero-order valence-corrected chi connectivity index (χ0v) is 14.1. The number of fused-ring (bicyclic) bond motifs is 1. The number of aromatic nitrogens is 1. The Morgan fingerprint density at radius 3 is 2.71 bits per heavy atom. The first-order chi connectivity index (χ1) is 11.9. The summed E-state index contributed by atoms with van der Waals surface area (Å²) in [5.41, 5.74) is 2.41. The topological polar surface area (TPSA) is 53.8 Å². The summed E-state index contributed by atoms with van der Waals surface area (Å²) in [6, 6.07) is 18.8. The first kappa shape index (κ1) is 15.1. The van der Waals surface area contributed by atoms with Gasteiger partial charge in [-0.05, 0) is 17.7 Å². The maximum atomic E-state index is 4.61. The van der Waals surface area contributed by atoms with Crippen molar-refractivity contribution in [1.29, 1.82) is 0 Å². The first-order valence-electron chi connectivity index (χ1n) is 8.15. The monoisotopic (exact) mass is 338 g/mol. The molecule has 1 aliphatic rings. The molecule has 0 amide bonds. The lowest BCUT2D eigenvalue weighted by atomic mass is 10.1. The number of aliphatic imine (C=N–C) groups is 1. The summed E-state index contributed by atoms with van der Waals surface area (Å²) in [6.45, 7) is 2.74. The third-order valence-corrected chi connectivity index (χ3v) is 5.05. The van der Waals surface area contributed by atoms with Crippen LogP contribution in [0.1, 0.15) is 5.56 Å². The van der Waals surface area contributed by atoms with E-state index in [1.165, 1.54) is 15.2 Å². The number of rotatable bonds is 4. The zero-order chi connectivity index (χ0) is 16.2. The van der Waals surface area contributed by atoms with Crippen molar-refractivity contribution in [1.82, 2.24) is 10.3 Å². The second kappa shape index (κ2) is 6.98. The molecule has 2 aromatic carbocycles. The van der Waals surface area contributed by atoms with Crippen molar-refractivity contribution in [2.24, 2.45) is 4.99 Å². The number of quaternary nitrogens is 1. The number of nitrogens with one attached hydrogen (secondary N) is 3. The molecule has 1 aliphatic heterocycles. The van der Waals surface area contributed by atoms with Gasteiger partial charge in [0.15, 0.2) is 18.5 Å². The fourth-order valence-corrected chi connectivity index (χ4v) is 3.62. The van der Waals surface area contributed by atoms with Crippen molar-refractivity contribution in [3.05, 3.63) is 60.2 Å². The Morgan fingerprint density at radius 1 is 1.08 bits per heavy atom. The van der Waals surface area contributed by atoms with Crippen molar-refractivity contribution in [2.45, 2.75) is 6.42 Å². The van der Waals surface area contributed by atoms with Crippen LogP contribution in [0.4, 0.5) is 5.13 Å². The Kier molecular flexibility index (Phi) is 4.40. The van der Waals surface area contributed by atoms with Gasteiger partial charge >= 0.3 is 0 Å². The second-order valence-electron chi connectivity index (χ2n) is 5.87. The number of nitrogens with zero attached hydrogens (tertiary/aromatic N) is 2. The Labute approximate surface area is 145 Å². The lowest BCUT2D eigenvalue weighted by Gasteiger charge is -2.24. The standard InChI is InChI=1S/C18H19N5S/c1-2-6-14(7-3-1)10-11-23-12-19-17(20-13-23)22-18-21-15-8-4-5-9-16(15)24-18/h1-9H,10-13H2,(H2,19,20,21,22)/p+1. The maximum Gasteiger partial charge on any atom is 0.206 e. The van der Waals surface area contributed by atoms with E-state index in [9.17, 15) is 0 Å². The smallest absolute Gasteiger partial charge is 0.206 e. The average Bonchev–Trinajstić information content (AvgIpc) is 3.04. The molecule has 1 aromatic heterocycles. The summed E-state index contributed by atoms with van der Waals surface area (Å²) in [7, 11) is 0. The van der Waals surface area contributed by atoms with Gasteiger partial charge in [0.25, 0.3) is 0 Å². The van der Waals surface area contributed by atoms with E-state index in [0.717, 1.165) is 42.9 Å². The molecule has 3 aromatic rings. The SMILES string of the molecule is c1ccc(CC[NH+]2CN=C(Nc3nc4ccccc4s3)NC2)cc1. The largest absolute Gasteiger partial charge is 0.309 e. The quantitative estimate of drug-likeness (QED) is 0.679. The molecular weight excluding hydrogens is 318 g/mol. The van der Waals surface area contributed by atoms with Crippen molar-refractivity contribution in [2.75, 3.05) is 25.2 Å². The predicted octanol–water partition coefficient (Wildman–Crippen LogP) is 1.71. The van der Waals surface area contributed by atoms with Crippen LogP contribution in [0.3, 0.4) is 0 Å². The van der Waals surface area contributed by atoms with Crippen LogP contribution in [0.15, 0.2) is 59.6 Å². The molecule has 0 aliphatic carbocycles. The highest BCUT2D eigenvalue weighted by atomic mass is 32.1. The van der Waals surface area contributed by atoms with Gasteiger partial charge in [-0.25, -0.2) is 4.98 Å². The Balaban J connectivity index is 1.33. The molecule has 0 saturated carbocycles. The summed E-state index contributed by atoms with van der Waals surface area (Å²) >= 11 is 1.65. The van der Waals surface area contributed by atoms with Crippen LogP contribution in [-0.2, 0) is 6.42 Å². The highest BCUT2D eigenvalue weighted by molar-refractivity contribution is 7.22. The van der Waals surface area contributed by atoms with Crippen LogP contribution in [0.25, 0.3) is 10.2 Å². The second-order valence-corrected chi connectivity index (χ2v) is 6.90. The van der Waals surface area contributed by atoms with Gasteiger partial charge in [0.1, 0.15) is 0 Å². The normalized spacial score (nSPS) is 17.3. The fourth-order valence-electron chi connectivity index (χ4n) is 2.76. The number of para-hydroxylation sites is 1. The number of hydrogen-bond acceptors (Lipinski definition) is 5. The number of thiazole rings is 1. The lowest BCUT2D eigenvalue weighted by molar-refractivity contribution is -0.902. The van der Waals surface area contributed by atoms with Crippen molar-refractivity contribution >= 4 is 32.6 Å². The molecule has 0 bridgehead atoms. The molecule has 4 rings (SSSR count). The third-order valence-electron chi connectivity index (χ3n) is 4.10. The average molecular weight is 338 g/mol. The maximum absolute atomic E-state index is 4.61. The fraction of sp³-hybridized carbons (Fsp3) is 0.222. The molecule has 0 saturated heterocycles. The molecular formula is C18H20N5S+. The van der Waals surface area contributed by atoms with Crippen LogP contribution in [0, 0.1) is 0 Å². The van der Waals surface area contributed by atoms with Gasteiger partial charge in [0, 0.05) is 6.42 Å². The highest BCUT2D eigenvalue weighted by Gasteiger charge is 2.15. The molecule has 5 nitrogen and oxygen atoms in total. The van der Waals surface area contributed by atoms with E-state index in [4.69, 9.17) is 0 Å². The summed E-state index contributed by atoms with van der Waals surface area (Å²) in [6.07, 6.45) is 1.08. The molecule has 122 valence electrons. The highest BCUT2D eigenvalue weighted by Crippen LogP contribution is 2.25. The molecule has 6 heteroatoms. The Hall–Kier alpha value is -2.44. The van der Waals surface area contributed by atoms with Crippen LogP contribution in [0.2, 0.25) is 0 Å². The predicted molar refractivity (Wildman–Crippen MR) is 99.5 cm³/mol. The first-order valence-corrected chi connectivity index (χ1v) is 8.97. The Bertz CT molecular complexity index is 810. The van der Waals surface area contributed by atoms with Gasteiger partial charge in [-0.3, -0.25) is 4.90 Å². The van der Waals surface area contributed by atoms with E-state index in [1.807, 2.05) is 18.2 Å². The van der Waals surface area contributed by atoms with E-state index in [0.29, 0.717) is 0 Å². The number of benzene rings is 2. The van der Waals surface area contributed by atoms with E-state index < -0.39 is 0 Å². The van der Waals surface area contributed by atoms with Crippen molar-refractivity contribution in [3.63, 3.8) is 0 Å². The lowest BCUT2D eigenvalue weighted by Crippen LogP contribution is -3.14. The van der Waals surface area contributed by atoms with Crippen LogP contribution in [0.5, 0.6) is 0 Å². The zero-order valence-electron chi connectivity index (χ0n) is 13.3. The molecule has 2 heterocycles. The minimum atomic E-state index is 0.785. The summed E-state index contributed by atoms with van der Waals surface area (Å²) in [5.74, 6) is 0.817. The number of anilines is 1. The van der Waals surface area contributed by atoms with Crippen molar-refractivity contribution in [3.8, 4) is 0 Å². The molecule has 0 fully saturated rings. The molecule has 0 spiro atoms. The molecule has 1 unspecified atom stereocenters.